The second kappa shape index (κ2) is 3.47. The molecule has 1 fully saturated rings. The minimum atomic E-state index is -1.13. The number of nitrogens with zero attached hydrogens (tertiary/aromatic N) is 2. The third-order valence-corrected chi connectivity index (χ3v) is 2.55. The van der Waals surface area contributed by atoms with Gasteiger partial charge in [-0.2, -0.15) is 5.10 Å². The van der Waals surface area contributed by atoms with Crippen molar-refractivity contribution in [3.05, 3.63) is 17.5 Å². The van der Waals surface area contributed by atoms with Gasteiger partial charge >= 0.3 is 5.97 Å². The van der Waals surface area contributed by atoms with Gasteiger partial charge in [-0.1, -0.05) is 0 Å². The van der Waals surface area contributed by atoms with Crippen LogP contribution in [0.25, 0.3) is 0 Å². The second-order valence-corrected chi connectivity index (χ2v) is 3.50. The van der Waals surface area contributed by atoms with E-state index in [9.17, 15) is 9.59 Å². The van der Waals surface area contributed by atoms with Crippen molar-refractivity contribution in [1.29, 1.82) is 0 Å². The van der Waals surface area contributed by atoms with E-state index in [-0.39, 0.29) is 23.1 Å². The Morgan fingerprint density at radius 3 is 2.80 bits per heavy atom. The van der Waals surface area contributed by atoms with Gasteiger partial charge in [0, 0.05) is 7.05 Å². The van der Waals surface area contributed by atoms with Crippen molar-refractivity contribution in [3.63, 3.8) is 0 Å². The van der Waals surface area contributed by atoms with Gasteiger partial charge in [-0.25, -0.2) is 4.79 Å². The lowest BCUT2D eigenvalue weighted by molar-refractivity contribution is 0.0678. The predicted octanol–water partition coefficient (Wildman–Crippen LogP) is -0.337. The maximum absolute atomic E-state index is 11.8. The van der Waals surface area contributed by atoms with Crippen LogP contribution >= 0.6 is 0 Å². The van der Waals surface area contributed by atoms with Gasteiger partial charge in [-0.3, -0.25) is 9.48 Å². The van der Waals surface area contributed by atoms with Gasteiger partial charge < -0.3 is 10.4 Å². The first kappa shape index (κ1) is 9.85. The van der Waals surface area contributed by atoms with Crippen LogP contribution in [0.4, 0.5) is 0 Å². The quantitative estimate of drug-likeness (QED) is 0.665. The number of rotatable bonds is 3. The monoisotopic (exact) mass is 209 g/mol. The van der Waals surface area contributed by atoms with Crippen LogP contribution < -0.4 is 5.32 Å². The van der Waals surface area contributed by atoms with E-state index >= 15 is 0 Å². The van der Waals surface area contributed by atoms with E-state index in [1.807, 2.05) is 0 Å². The fourth-order valence-corrected chi connectivity index (χ4v) is 1.57. The number of Topliss-reactive ketones (excluding diaryl/α,β-unsaturated/α-hetero) is 1. The van der Waals surface area contributed by atoms with E-state index in [4.69, 9.17) is 5.11 Å². The Bertz CT molecular complexity index is 420. The summed E-state index contributed by atoms with van der Waals surface area (Å²) < 4.78 is 1.20. The Morgan fingerprint density at radius 2 is 2.33 bits per heavy atom. The fourth-order valence-electron chi connectivity index (χ4n) is 1.57. The van der Waals surface area contributed by atoms with Gasteiger partial charge in [-0.15, -0.1) is 0 Å². The summed E-state index contributed by atoms with van der Waals surface area (Å²) in [5, 5.41) is 15.6. The molecule has 0 radical (unpaired) electrons. The molecular weight excluding hydrogens is 198 g/mol. The molecule has 1 saturated heterocycles. The van der Waals surface area contributed by atoms with E-state index in [1.165, 1.54) is 17.9 Å². The van der Waals surface area contributed by atoms with Gasteiger partial charge in [0.15, 0.2) is 11.5 Å². The average molecular weight is 209 g/mol. The molecule has 1 aromatic heterocycles. The van der Waals surface area contributed by atoms with Crippen molar-refractivity contribution in [3.8, 4) is 0 Å². The lowest BCUT2D eigenvalue weighted by Crippen LogP contribution is -2.48. The van der Waals surface area contributed by atoms with E-state index in [1.54, 1.807) is 0 Å². The minimum absolute atomic E-state index is 0.0475. The number of aromatic carboxylic acids is 1. The lowest BCUT2D eigenvalue weighted by atomic mass is 9.97. The molecule has 6 nitrogen and oxygen atoms in total. The Labute approximate surface area is 85.9 Å². The molecule has 2 rings (SSSR count). The van der Waals surface area contributed by atoms with Gasteiger partial charge in [0.2, 0.25) is 0 Å². The van der Waals surface area contributed by atoms with Crippen LogP contribution in [-0.4, -0.2) is 39.2 Å². The maximum Gasteiger partial charge on any atom is 0.354 e. The first-order valence-electron chi connectivity index (χ1n) is 4.64. The largest absolute Gasteiger partial charge is 0.477 e. The number of carbonyl (C=O) groups excluding carboxylic acids is 1. The molecule has 1 unspecified atom stereocenters. The molecule has 0 spiro atoms. The number of carboxylic acids is 1. The number of aryl methyl sites for hydroxylation is 1. The zero-order valence-electron chi connectivity index (χ0n) is 8.23. The second-order valence-electron chi connectivity index (χ2n) is 3.50. The van der Waals surface area contributed by atoms with Gasteiger partial charge in [0.25, 0.3) is 0 Å². The van der Waals surface area contributed by atoms with Crippen molar-refractivity contribution in [2.45, 2.75) is 12.5 Å². The number of aromatic nitrogens is 2. The molecule has 0 aliphatic carbocycles. The molecule has 1 aliphatic rings. The van der Waals surface area contributed by atoms with E-state index < -0.39 is 5.97 Å². The summed E-state index contributed by atoms with van der Waals surface area (Å²) in [6.07, 6.45) is 2.07. The number of nitrogens with one attached hydrogen (secondary N) is 1. The molecule has 0 saturated carbocycles. The predicted molar refractivity (Wildman–Crippen MR) is 50.9 cm³/mol. The smallest absolute Gasteiger partial charge is 0.354 e. The highest BCUT2D eigenvalue weighted by Crippen LogP contribution is 2.15. The topological polar surface area (TPSA) is 84.2 Å². The molecular formula is C9H11N3O3. The Hall–Kier alpha value is -1.69. The molecule has 2 N–H and O–H groups in total. The van der Waals surface area contributed by atoms with Gasteiger partial charge in [-0.05, 0) is 13.0 Å². The summed E-state index contributed by atoms with van der Waals surface area (Å²) in [5.74, 6) is -1.32. The average Bonchev–Trinajstić information content (AvgIpc) is 2.43. The molecule has 6 heteroatoms. The van der Waals surface area contributed by atoms with E-state index in [0.717, 1.165) is 13.0 Å². The minimum Gasteiger partial charge on any atom is -0.477 e. The van der Waals surface area contributed by atoms with Crippen molar-refractivity contribution >= 4 is 11.8 Å². The third-order valence-electron chi connectivity index (χ3n) is 2.55. The third kappa shape index (κ3) is 1.52. The molecule has 0 aromatic carbocycles. The first-order chi connectivity index (χ1) is 7.11. The van der Waals surface area contributed by atoms with Crippen molar-refractivity contribution < 1.29 is 14.7 Å². The Balaban J connectivity index is 2.34. The van der Waals surface area contributed by atoms with Gasteiger partial charge in [0.1, 0.15) is 0 Å². The first-order valence-corrected chi connectivity index (χ1v) is 4.64. The van der Waals surface area contributed by atoms with Crippen LogP contribution in [0.15, 0.2) is 6.20 Å². The van der Waals surface area contributed by atoms with Crippen molar-refractivity contribution in [1.82, 2.24) is 15.1 Å². The molecule has 15 heavy (non-hydrogen) atoms. The maximum atomic E-state index is 11.8. The number of hydrogen-bond acceptors (Lipinski definition) is 4. The number of carboxylic acid groups (broad SMARTS) is 1. The summed E-state index contributed by atoms with van der Waals surface area (Å²) in [4.78, 5) is 22.7. The molecule has 0 bridgehead atoms. The zero-order valence-corrected chi connectivity index (χ0v) is 8.23. The normalized spacial score (nSPS) is 19.7. The van der Waals surface area contributed by atoms with Crippen molar-refractivity contribution in [2.75, 3.05) is 6.54 Å². The van der Waals surface area contributed by atoms with Crippen LogP contribution in [0.5, 0.6) is 0 Å². The molecule has 1 atom stereocenters. The van der Waals surface area contributed by atoms with E-state index in [0.29, 0.717) is 0 Å². The summed E-state index contributed by atoms with van der Waals surface area (Å²) in [6, 6.07) is -0.243. The summed E-state index contributed by atoms with van der Waals surface area (Å²) >= 11 is 0. The lowest BCUT2D eigenvalue weighted by Gasteiger charge is -2.25. The van der Waals surface area contributed by atoms with Crippen LogP contribution in [-0.2, 0) is 7.05 Å². The zero-order chi connectivity index (χ0) is 11.0. The van der Waals surface area contributed by atoms with Crippen LogP contribution in [0.3, 0.4) is 0 Å². The Morgan fingerprint density at radius 1 is 1.67 bits per heavy atom. The highest BCUT2D eigenvalue weighted by atomic mass is 16.4. The number of carbonyl (C=O) groups is 2. The number of hydrogen-bond donors (Lipinski definition) is 2. The highest BCUT2D eigenvalue weighted by Gasteiger charge is 2.30. The van der Waals surface area contributed by atoms with Crippen LogP contribution in [0.1, 0.15) is 27.3 Å². The molecule has 0 amide bonds. The highest BCUT2D eigenvalue weighted by molar-refractivity contribution is 6.07. The van der Waals surface area contributed by atoms with Crippen LogP contribution in [0, 0.1) is 0 Å². The molecule has 1 aromatic rings. The molecule has 80 valence electrons. The standard InChI is InChI=1S/C9H11N3O3/c1-12-7(9(14)15)5(4-11-12)8(13)6-2-3-10-6/h4,6,10H,2-3H2,1H3,(H,14,15). The van der Waals surface area contributed by atoms with Gasteiger partial charge in [0.05, 0.1) is 17.8 Å². The summed E-state index contributed by atoms with van der Waals surface area (Å²) in [7, 11) is 1.51. The summed E-state index contributed by atoms with van der Waals surface area (Å²) in [5.41, 5.74) is 0.135. The van der Waals surface area contributed by atoms with Crippen molar-refractivity contribution in [2.24, 2.45) is 7.05 Å². The molecule has 1 aliphatic heterocycles. The Kier molecular flexibility index (Phi) is 2.28. The van der Waals surface area contributed by atoms with E-state index in [2.05, 4.69) is 10.4 Å². The van der Waals surface area contributed by atoms with Crippen LogP contribution in [0.2, 0.25) is 0 Å². The molecule has 2 heterocycles. The summed E-state index contributed by atoms with van der Waals surface area (Å²) in [6.45, 7) is 0.805. The SMILES string of the molecule is Cn1ncc(C(=O)C2CCN2)c1C(=O)O. The number of ketones is 1. The fraction of sp³-hybridized carbons (Fsp3) is 0.444.